The molecule has 1 aromatic carbocycles. The van der Waals surface area contributed by atoms with Crippen LogP contribution in [0.4, 0.5) is 0 Å². The van der Waals surface area contributed by atoms with Crippen molar-refractivity contribution in [1.82, 2.24) is 5.32 Å². The lowest BCUT2D eigenvalue weighted by atomic mass is 9.82. The summed E-state index contributed by atoms with van der Waals surface area (Å²) in [6, 6.07) is 7.85. The maximum Gasteiger partial charge on any atom is 0.120 e. The highest BCUT2D eigenvalue weighted by Crippen LogP contribution is 2.25. The van der Waals surface area contributed by atoms with E-state index in [9.17, 15) is 0 Å². The third kappa shape index (κ3) is 4.30. The molecule has 94 valence electrons. The molecule has 0 amide bonds. The van der Waals surface area contributed by atoms with Gasteiger partial charge in [0.2, 0.25) is 0 Å². The molecule has 0 radical (unpaired) electrons. The summed E-state index contributed by atoms with van der Waals surface area (Å²) in [6.45, 7) is 2.50. The number of halogens is 1. The van der Waals surface area contributed by atoms with Crippen LogP contribution in [0.2, 0.25) is 0 Å². The maximum atomic E-state index is 9.14. The van der Waals surface area contributed by atoms with E-state index in [0.29, 0.717) is 12.5 Å². The molecular formula is C13H18BrNO2. The van der Waals surface area contributed by atoms with E-state index < -0.39 is 0 Å². The normalized spacial score (nSPS) is 23.2. The zero-order valence-electron chi connectivity index (χ0n) is 9.73. The molecule has 0 aromatic heterocycles. The third-order valence-electron chi connectivity index (χ3n) is 2.99. The van der Waals surface area contributed by atoms with Gasteiger partial charge in [-0.15, -0.1) is 0 Å². The maximum absolute atomic E-state index is 9.14. The highest BCUT2D eigenvalue weighted by atomic mass is 79.9. The van der Waals surface area contributed by atoms with Crippen LogP contribution in [0.5, 0.6) is 5.75 Å². The van der Waals surface area contributed by atoms with Gasteiger partial charge in [-0.1, -0.05) is 22.0 Å². The first kappa shape index (κ1) is 12.9. The van der Waals surface area contributed by atoms with Crippen LogP contribution in [0.3, 0.4) is 0 Å². The fourth-order valence-electron chi connectivity index (χ4n) is 1.97. The smallest absolute Gasteiger partial charge is 0.120 e. The highest BCUT2D eigenvalue weighted by molar-refractivity contribution is 9.10. The number of hydrogen-bond acceptors (Lipinski definition) is 3. The van der Waals surface area contributed by atoms with Crippen LogP contribution >= 0.6 is 15.9 Å². The van der Waals surface area contributed by atoms with Gasteiger partial charge in [0.15, 0.2) is 0 Å². The molecule has 17 heavy (non-hydrogen) atoms. The van der Waals surface area contributed by atoms with E-state index in [1.165, 1.54) is 0 Å². The molecule has 0 bridgehead atoms. The zero-order valence-corrected chi connectivity index (χ0v) is 11.3. The molecule has 1 fully saturated rings. The van der Waals surface area contributed by atoms with Crippen LogP contribution < -0.4 is 10.1 Å². The third-order valence-corrected chi connectivity index (χ3v) is 3.48. The Morgan fingerprint density at radius 1 is 1.41 bits per heavy atom. The number of rotatable bonds is 6. The fraction of sp³-hybridized carbons (Fsp3) is 0.538. The Labute approximate surface area is 110 Å². The molecule has 2 N–H and O–H groups in total. The van der Waals surface area contributed by atoms with Crippen molar-refractivity contribution in [2.24, 2.45) is 5.92 Å². The lowest BCUT2D eigenvalue weighted by Crippen LogP contribution is -2.37. The number of aliphatic hydroxyl groups is 1. The van der Waals surface area contributed by atoms with Crippen molar-refractivity contribution in [3.63, 3.8) is 0 Å². The van der Waals surface area contributed by atoms with Crippen molar-refractivity contribution in [3.05, 3.63) is 28.7 Å². The van der Waals surface area contributed by atoms with Gasteiger partial charge in [-0.3, -0.25) is 0 Å². The average molecular weight is 300 g/mol. The summed E-state index contributed by atoms with van der Waals surface area (Å²) in [7, 11) is 0. The number of aliphatic hydroxyl groups excluding tert-OH is 1. The van der Waals surface area contributed by atoms with E-state index >= 15 is 0 Å². The summed E-state index contributed by atoms with van der Waals surface area (Å²) >= 11 is 3.41. The Morgan fingerprint density at radius 2 is 2.24 bits per heavy atom. The molecule has 0 unspecified atom stereocenters. The van der Waals surface area contributed by atoms with Gasteiger partial charge in [-0.05, 0) is 43.5 Å². The second kappa shape index (κ2) is 6.38. The van der Waals surface area contributed by atoms with Crippen molar-refractivity contribution >= 4 is 15.9 Å². The topological polar surface area (TPSA) is 41.5 Å². The van der Waals surface area contributed by atoms with E-state index in [0.717, 1.165) is 36.2 Å². The van der Waals surface area contributed by atoms with Crippen LogP contribution in [0.15, 0.2) is 28.7 Å². The lowest BCUT2D eigenvalue weighted by Gasteiger charge is -2.31. The van der Waals surface area contributed by atoms with Crippen LogP contribution in [0.25, 0.3) is 0 Å². The summed E-state index contributed by atoms with van der Waals surface area (Å²) in [4.78, 5) is 0. The summed E-state index contributed by atoms with van der Waals surface area (Å²) in [5.41, 5.74) is 0. The second-order valence-electron chi connectivity index (χ2n) is 4.50. The van der Waals surface area contributed by atoms with Gasteiger partial charge in [0, 0.05) is 11.0 Å². The molecule has 3 nitrogen and oxygen atoms in total. The van der Waals surface area contributed by atoms with Crippen LogP contribution in [0, 0.1) is 5.92 Å². The van der Waals surface area contributed by atoms with Crippen LogP contribution in [-0.2, 0) is 0 Å². The first-order valence-corrected chi connectivity index (χ1v) is 6.80. The van der Waals surface area contributed by atoms with Gasteiger partial charge in [0.25, 0.3) is 0 Å². The van der Waals surface area contributed by atoms with Crippen molar-refractivity contribution in [2.75, 3.05) is 19.7 Å². The monoisotopic (exact) mass is 299 g/mol. The van der Waals surface area contributed by atoms with Crippen molar-refractivity contribution in [2.45, 2.75) is 18.9 Å². The molecule has 2 rings (SSSR count). The Kier molecular flexibility index (Phi) is 4.83. The summed E-state index contributed by atoms with van der Waals surface area (Å²) in [5, 5.41) is 12.5. The van der Waals surface area contributed by atoms with Gasteiger partial charge in [-0.25, -0.2) is 0 Å². The molecular weight excluding hydrogens is 282 g/mol. The van der Waals surface area contributed by atoms with Crippen molar-refractivity contribution in [1.29, 1.82) is 0 Å². The van der Waals surface area contributed by atoms with Crippen LogP contribution in [-0.4, -0.2) is 30.9 Å². The SMILES string of the molecule is OC1CC(CNCCOc2cccc(Br)c2)C1. The predicted octanol–water partition coefficient (Wildman–Crippen LogP) is 2.19. The molecule has 0 spiro atoms. The van der Waals surface area contributed by atoms with Crippen molar-refractivity contribution in [3.8, 4) is 5.75 Å². The minimum Gasteiger partial charge on any atom is -0.492 e. The fourth-order valence-corrected chi connectivity index (χ4v) is 2.35. The van der Waals surface area contributed by atoms with E-state index in [4.69, 9.17) is 9.84 Å². The average Bonchev–Trinajstić information content (AvgIpc) is 2.26. The van der Waals surface area contributed by atoms with E-state index in [-0.39, 0.29) is 6.10 Å². The highest BCUT2D eigenvalue weighted by Gasteiger charge is 2.26. The first-order valence-electron chi connectivity index (χ1n) is 6.01. The first-order chi connectivity index (χ1) is 8.24. The van der Waals surface area contributed by atoms with Crippen LogP contribution in [0.1, 0.15) is 12.8 Å². The molecule has 1 saturated carbocycles. The number of hydrogen-bond donors (Lipinski definition) is 2. The van der Waals surface area contributed by atoms with Gasteiger partial charge in [0.1, 0.15) is 12.4 Å². The Morgan fingerprint density at radius 3 is 2.94 bits per heavy atom. The van der Waals surface area contributed by atoms with Crippen molar-refractivity contribution < 1.29 is 9.84 Å². The number of ether oxygens (including phenoxy) is 1. The van der Waals surface area contributed by atoms with Gasteiger partial charge in [-0.2, -0.15) is 0 Å². The Hall–Kier alpha value is -0.580. The van der Waals surface area contributed by atoms with Gasteiger partial charge < -0.3 is 15.2 Å². The zero-order chi connectivity index (χ0) is 12.1. The summed E-state index contributed by atoms with van der Waals surface area (Å²) in [5.74, 6) is 1.54. The van der Waals surface area contributed by atoms with E-state index in [1.54, 1.807) is 0 Å². The molecule has 1 aliphatic rings. The molecule has 0 atom stereocenters. The van der Waals surface area contributed by atoms with Gasteiger partial charge in [0.05, 0.1) is 6.10 Å². The predicted molar refractivity (Wildman–Crippen MR) is 71.2 cm³/mol. The molecule has 1 aliphatic carbocycles. The lowest BCUT2D eigenvalue weighted by molar-refractivity contribution is 0.0428. The minimum atomic E-state index is -0.0558. The molecule has 0 saturated heterocycles. The number of benzene rings is 1. The molecule has 1 aromatic rings. The van der Waals surface area contributed by atoms with E-state index in [2.05, 4.69) is 21.2 Å². The molecule has 0 aliphatic heterocycles. The summed E-state index contributed by atoms with van der Waals surface area (Å²) < 4.78 is 6.63. The molecule has 0 heterocycles. The number of nitrogens with one attached hydrogen (secondary N) is 1. The second-order valence-corrected chi connectivity index (χ2v) is 5.42. The minimum absolute atomic E-state index is 0.0558. The standard InChI is InChI=1S/C13H18BrNO2/c14-11-2-1-3-13(8-11)17-5-4-15-9-10-6-12(16)7-10/h1-3,8,10,12,15-16H,4-7,9H2. The summed E-state index contributed by atoms with van der Waals surface area (Å²) in [6.07, 6.45) is 1.83. The Balaban J connectivity index is 1.54. The van der Waals surface area contributed by atoms with Gasteiger partial charge >= 0.3 is 0 Å². The van der Waals surface area contributed by atoms with E-state index in [1.807, 2.05) is 24.3 Å². The largest absolute Gasteiger partial charge is 0.492 e. The quantitative estimate of drug-likeness (QED) is 0.791. The molecule has 4 heteroatoms. The Bertz CT molecular complexity index is 353.